The molecule has 1 rings (SSSR count). The van der Waals surface area contributed by atoms with E-state index >= 15 is 0 Å². The van der Waals surface area contributed by atoms with Gasteiger partial charge in [0, 0.05) is 18.7 Å². The molecule has 0 saturated heterocycles. The lowest BCUT2D eigenvalue weighted by Gasteiger charge is -2.24. The Hall–Kier alpha value is -0.640. The predicted molar refractivity (Wildman–Crippen MR) is 68.7 cm³/mol. The second-order valence-corrected chi connectivity index (χ2v) is 4.92. The number of aliphatic hydroxyl groups excluding tert-OH is 1. The minimum atomic E-state index is -0.402. The van der Waals surface area contributed by atoms with Crippen LogP contribution in [0.3, 0.4) is 0 Å². The first kappa shape index (κ1) is 14.4. The summed E-state index contributed by atoms with van der Waals surface area (Å²) in [6, 6.07) is 4.99. The number of hydrogen-bond donors (Lipinski definition) is 2. The molecule has 3 atom stereocenters. The van der Waals surface area contributed by atoms with Gasteiger partial charge in [0.15, 0.2) is 0 Å². The van der Waals surface area contributed by atoms with E-state index in [1.165, 1.54) is 6.07 Å². The zero-order valence-corrected chi connectivity index (χ0v) is 11.1. The molecular formula is C13H19ClFNO. The van der Waals surface area contributed by atoms with Gasteiger partial charge in [0.1, 0.15) is 5.82 Å². The van der Waals surface area contributed by atoms with E-state index in [0.29, 0.717) is 0 Å². The second-order valence-electron chi connectivity index (χ2n) is 4.51. The molecule has 2 nitrogen and oxygen atoms in total. The van der Waals surface area contributed by atoms with Gasteiger partial charge in [-0.25, -0.2) is 4.39 Å². The quantitative estimate of drug-likeness (QED) is 0.852. The third-order valence-electron chi connectivity index (χ3n) is 3.10. The van der Waals surface area contributed by atoms with Crippen LogP contribution >= 0.6 is 11.6 Å². The molecule has 0 aliphatic carbocycles. The molecule has 0 fully saturated rings. The molecule has 0 aliphatic heterocycles. The van der Waals surface area contributed by atoms with Crippen LogP contribution in [0.25, 0.3) is 0 Å². The van der Waals surface area contributed by atoms with Gasteiger partial charge in [0.05, 0.1) is 5.02 Å². The number of hydrogen-bond acceptors (Lipinski definition) is 2. The van der Waals surface area contributed by atoms with Crippen molar-refractivity contribution in [3.8, 4) is 0 Å². The Morgan fingerprint density at radius 1 is 1.35 bits per heavy atom. The minimum absolute atomic E-state index is 0.0192. The van der Waals surface area contributed by atoms with Gasteiger partial charge >= 0.3 is 0 Å². The summed E-state index contributed by atoms with van der Waals surface area (Å²) >= 11 is 5.64. The van der Waals surface area contributed by atoms with Crippen LogP contribution in [0.5, 0.6) is 0 Å². The van der Waals surface area contributed by atoms with Gasteiger partial charge < -0.3 is 10.4 Å². The van der Waals surface area contributed by atoms with Gasteiger partial charge in [-0.3, -0.25) is 0 Å². The Morgan fingerprint density at radius 3 is 2.53 bits per heavy atom. The van der Waals surface area contributed by atoms with Crippen molar-refractivity contribution in [2.75, 3.05) is 6.61 Å². The Kier molecular flexibility index (Phi) is 5.37. The molecule has 0 spiro atoms. The van der Waals surface area contributed by atoms with Crippen LogP contribution in [0, 0.1) is 11.7 Å². The number of rotatable bonds is 5. The zero-order valence-electron chi connectivity index (χ0n) is 10.4. The SMILES string of the molecule is CC(NC(C)C(C)CO)c1ccc(Cl)c(F)c1. The zero-order chi connectivity index (χ0) is 13.0. The molecule has 0 bridgehead atoms. The standard InChI is InChI=1S/C13H19ClFNO/c1-8(7-17)9(2)16-10(3)11-4-5-12(14)13(15)6-11/h4-6,8-10,16-17H,7H2,1-3H3. The highest BCUT2D eigenvalue weighted by atomic mass is 35.5. The van der Waals surface area contributed by atoms with Gasteiger partial charge in [-0.2, -0.15) is 0 Å². The summed E-state index contributed by atoms with van der Waals surface area (Å²) in [5, 5.41) is 12.5. The molecule has 96 valence electrons. The number of nitrogens with one attached hydrogen (secondary N) is 1. The first-order valence-corrected chi connectivity index (χ1v) is 6.15. The van der Waals surface area contributed by atoms with Gasteiger partial charge in [-0.1, -0.05) is 24.6 Å². The number of benzene rings is 1. The fraction of sp³-hybridized carbons (Fsp3) is 0.538. The van der Waals surface area contributed by atoms with Gasteiger partial charge in [0.25, 0.3) is 0 Å². The highest BCUT2D eigenvalue weighted by Gasteiger charge is 2.15. The van der Waals surface area contributed by atoms with Crippen molar-refractivity contribution in [3.63, 3.8) is 0 Å². The highest BCUT2D eigenvalue weighted by molar-refractivity contribution is 6.30. The smallest absolute Gasteiger partial charge is 0.142 e. The first-order valence-electron chi connectivity index (χ1n) is 5.77. The largest absolute Gasteiger partial charge is 0.396 e. The van der Waals surface area contributed by atoms with Gasteiger partial charge in [-0.05, 0) is 37.5 Å². The molecular weight excluding hydrogens is 241 g/mol. The molecule has 3 unspecified atom stereocenters. The Labute approximate surface area is 107 Å². The van der Waals surface area contributed by atoms with Crippen molar-refractivity contribution in [2.24, 2.45) is 5.92 Å². The summed E-state index contributed by atoms with van der Waals surface area (Å²) in [6.45, 7) is 6.07. The average molecular weight is 260 g/mol. The van der Waals surface area contributed by atoms with Gasteiger partial charge in [0.2, 0.25) is 0 Å². The summed E-state index contributed by atoms with van der Waals surface area (Å²) in [7, 11) is 0. The topological polar surface area (TPSA) is 32.3 Å². The van der Waals surface area contributed by atoms with Crippen LogP contribution in [0.2, 0.25) is 5.02 Å². The summed E-state index contributed by atoms with van der Waals surface area (Å²) < 4.78 is 13.3. The molecule has 0 amide bonds. The van der Waals surface area contributed by atoms with E-state index in [9.17, 15) is 4.39 Å². The lowest BCUT2D eigenvalue weighted by atomic mass is 10.0. The molecule has 0 aliphatic rings. The maximum Gasteiger partial charge on any atom is 0.142 e. The summed E-state index contributed by atoms with van der Waals surface area (Å²) in [6.07, 6.45) is 0. The molecule has 1 aromatic rings. The third-order valence-corrected chi connectivity index (χ3v) is 3.40. The van der Waals surface area contributed by atoms with E-state index in [1.807, 2.05) is 20.8 Å². The van der Waals surface area contributed by atoms with E-state index in [0.717, 1.165) is 5.56 Å². The van der Waals surface area contributed by atoms with Crippen molar-refractivity contribution in [2.45, 2.75) is 32.9 Å². The second kappa shape index (κ2) is 6.34. The van der Waals surface area contributed by atoms with Crippen LogP contribution in [-0.4, -0.2) is 17.8 Å². The van der Waals surface area contributed by atoms with E-state index in [-0.39, 0.29) is 29.6 Å². The van der Waals surface area contributed by atoms with Crippen LogP contribution in [0.4, 0.5) is 4.39 Å². The Morgan fingerprint density at radius 2 is 2.00 bits per heavy atom. The molecule has 0 radical (unpaired) electrons. The van der Waals surface area contributed by atoms with Crippen LogP contribution in [0.1, 0.15) is 32.4 Å². The predicted octanol–water partition coefficient (Wildman–Crippen LogP) is 3.15. The number of halogens is 2. The number of aliphatic hydroxyl groups is 1. The van der Waals surface area contributed by atoms with Crippen molar-refractivity contribution in [3.05, 3.63) is 34.6 Å². The molecule has 0 heterocycles. The van der Waals surface area contributed by atoms with E-state index < -0.39 is 5.82 Å². The third kappa shape index (κ3) is 3.95. The lowest BCUT2D eigenvalue weighted by Crippen LogP contribution is -2.35. The van der Waals surface area contributed by atoms with Crippen molar-refractivity contribution in [1.29, 1.82) is 0 Å². The lowest BCUT2D eigenvalue weighted by molar-refractivity contribution is 0.202. The molecule has 1 aromatic carbocycles. The van der Waals surface area contributed by atoms with Crippen LogP contribution in [0.15, 0.2) is 18.2 Å². The molecule has 0 aromatic heterocycles. The Bertz CT molecular complexity index is 372. The average Bonchev–Trinajstić information content (AvgIpc) is 2.31. The summed E-state index contributed by atoms with van der Waals surface area (Å²) in [4.78, 5) is 0. The molecule has 17 heavy (non-hydrogen) atoms. The van der Waals surface area contributed by atoms with Crippen molar-refractivity contribution in [1.82, 2.24) is 5.32 Å². The fourth-order valence-corrected chi connectivity index (χ4v) is 1.71. The normalized spacial score (nSPS) is 16.6. The first-order chi connectivity index (χ1) is 7.95. The fourth-order valence-electron chi connectivity index (χ4n) is 1.59. The van der Waals surface area contributed by atoms with E-state index in [2.05, 4.69) is 5.32 Å². The van der Waals surface area contributed by atoms with Crippen LogP contribution in [-0.2, 0) is 0 Å². The molecule has 4 heteroatoms. The maximum absolute atomic E-state index is 13.3. The molecule has 0 saturated carbocycles. The summed E-state index contributed by atoms with van der Waals surface area (Å²) in [5.74, 6) is -0.240. The summed E-state index contributed by atoms with van der Waals surface area (Å²) in [5.41, 5.74) is 0.851. The Balaban J connectivity index is 2.69. The molecule has 2 N–H and O–H groups in total. The highest BCUT2D eigenvalue weighted by Crippen LogP contribution is 2.21. The maximum atomic E-state index is 13.3. The van der Waals surface area contributed by atoms with Crippen LogP contribution < -0.4 is 5.32 Å². The monoisotopic (exact) mass is 259 g/mol. The minimum Gasteiger partial charge on any atom is -0.396 e. The van der Waals surface area contributed by atoms with Gasteiger partial charge in [-0.15, -0.1) is 0 Å². The van der Waals surface area contributed by atoms with E-state index in [4.69, 9.17) is 16.7 Å². The van der Waals surface area contributed by atoms with E-state index in [1.54, 1.807) is 12.1 Å². The van der Waals surface area contributed by atoms with Crippen molar-refractivity contribution < 1.29 is 9.50 Å². The van der Waals surface area contributed by atoms with Crippen molar-refractivity contribution >= 4 is 11.6 Å².